The number of rotatable bonds is 3. The van der Waals surface area contributed by atoms with Gasteiger partial charge in [-0.25, -0.2) is 4.79 Å². The van der Waals surface area contributed by atoms with E-state index in [4.69, 9.17) is 5.11 Å². The van der Waals surface area contributed by atoms with Crippen molar-refractivity contribution in [2.75, 3.05) is 0 Å². The van der Waals surface area contributed by atoms with Gasteiger partial charge in [-0.3, -0.25) is 9.36 Å². The van der Waals surface area contributed by atoms with Gasteiger partial charge in [0, 0.05) is 23.0 Å². The summed E-state index contributed by atoms with van der Waals surface area (Å²) < 4.78 is 1.73. The Balaban J connectivity index is 2.52. The lowest BCUT2D eigenvalue weighted by atomic mass is 9.85. The van der Waals surface area contributed by atoms with Crippen LogP contribution in [-0.4, -0.2) is 20.6 Å². The van der Waals surface area contributed by atoms with E-state index in [2.05, 4.69) is 11.9 Å². The van der Waals surface area contributed by atoms with Gasteiger partial charge in [-0.05, 0) is 32.6 Å². The van der Waals surface area contributed by atoms with Gasteiger partial charge in [0.15, 0.2) is 0 Å². The number of nitrogens with zero attached hydrogens (tertiary/aromatic N) is 2. The highest BCUT2D eigenvalue weighted by atomic mass is 16.4. The van der Waals surface area contributed by atoms with Gasteiger partial charge < -0.3 is 5.11 Å². The van der Waals surface area contributed by atoms with Crippen molar-refractivity contribution >= 4 is 5.97 Å². The Hall–Kier alpha value is -1.65. The van der Waals surface area contributed by atoms with E-state index >= 15 is 0 Å². The molecule has 1 aliphatic rings. The maximum absolute atomic E-state index is 12.2. The molecule has 1 heterocycles. The van der Waals surface area contributed by atoms with E-state index in [0.717, 1.165) is 25.0 Å². The van der Waals surface area contributed by atoms with Crippen LogP contribution in [0.15, 0.2) is 4.79 Å². The van der Waals surface area contributed by atoms with Crippen molar-refractivity contribution in [2.45, 2.75) is 58.9 Å². The third-order valence-corrected chi connectivity index (χ3v) is 4.43. The van der Waals surface area contributed by atoms with Gasteiger partial charge in [-0.15, -0.1) is 0 Å². The summed E-state index contributed by atoms with van der Waals surface area (Å²) in [6, 6.07) is 0.150. The van der Waals surface area contributed by atoms with E-state index in [-0.39, 0.29) is 18.2 Å². The highest BCUT2D eigenvalue weighted by Crippen LogP contribution is 2.33. The quantitative estimate of drug-likeness (QED) is 0.920. The first-order valence-corrected chi connectivity index (χ1v) is 7.22. The second-order valence-corrected chi connectivity index (χ2v) is 5.81. The molecule has 20 heavy (non-hydrogen) atoms. The third kappa shape index (κ3) is 2.76. The van der Waals surface area contributed by atoms with Crippen LogP contribution in [0, 0.1) is 19.8 Å². The van der Waals surface area contributed by atoms with Crippen molar-refractivity contribution in [3.05, 3.63) is 27.4 Å². The number of carboxylic acids is 1. The van der Waals surface area contributed by atoms with Crippen LogP contribution in [0.1, 0.15) is 55.6 Å². The summed E-state index contributed by atoms with van der Waals surface area (Å²) in [6.45, 7) is 5.71. The lowest BCUT2D eigenvalue weighted by Crippen LogP contribution is -2.35. The molecule has 1 saturated carbocycles. The molecule has 1 fully saturated rings. The van der Waals surface area contributed by atoms with E-state index in [1.54, 1.807) is 11.5 Å². The standard InChI is InChI=1S/C15H22N2O3/c1-9-6-4-5-7-13(9)17-11(3)12(8-14(18)19)10(2)16-15(17)20/h9,13H,4-8H2,1-3H3,(H,18,19). The Kier molecular flexibility index (Phi) is 4.26. The number of hydrogen-bond donors (Lipinski definition) is 1. The fraction of sp³-hybridized carbons (Fsp3) is 0.667. The first-order chi connectivity index (χ1) is 9.41. The van der Waals surface area contributed by atoms with E-state index in [9.17, 15) is 9.59 Å². The van der Waals surface area contributed by atoms with Crippen LogP contribution in [0.4, 0.5) is 0 Å². The minimum absolute atomic E-state index is 0.0773. The highest BCUT2D eigenvalue weighted by Gasteiger charge is 2.26. The SMILES string of the molecule is Cc1nc(=O)n(C2CCCCC2C)c(C)c1CC(=O)O. The maximum atomic E-state index is 12.2. The van der Waals surface area contributed by atoms with Gasteiger partial charge in [-0.2, -0.15) is 4.98 Å². The smallest absolute Gasteiger partial charge is 0.348 e. The van der Waals surface area contributed by atoms with E-state index in [0.29, 0.717) is 17.2 Å². The average Bonchev–Trinajstić information content (AvgIpc) is 2.36. The van der Waals surface area contributed by atoms with Crippen molar-refractivity contribution in [1.29, 1.82) is 0 Å². The number of carbonyl (C=O) groups is 1. The second kappa shape index (κ2) is 5.77. The fourth-order valence-corrected chi connectivity index (χ4v) is 3.29. The number of aliphatic carboxylic acids is 1. The number of carboxylic acid groups (broad SMARTS) is 1. The Bertz CT molecular complexity index is 577. The number of aryl methyl sites for hydroxylation is 1. The molecule has 0 bridgehead atoms. The van der Waals surface area contributed by atoms with Crippen LogP contribution in [0.2, 0.25) is 0 Å². The third-order valence-electron chi connectivity index (χ3n) is 4.43. The maximum Gasteiger partial charge on any atom is 0.348 e. The summed E-state index contributed by atoms with van der Waals surface area (Å²) in [6.07, 6.45) is 4.32. The molecule has 2 atom stereocenters. The van der Waals surface area contributed by atoms with Crippen molar-refractivity contribution < 1.29 is 9.90 Å². The molecule has 0 aromatic carbocycles. The van der Waals surface area contributed by atoms with Gasteiger partial charge in [0.05, 0.1) is 6.42 Å². The molecule has 1 N–H and O–H groups in total. The molecule has 1 aliphatic carbocycles. The van der Waals surface area contributed by atoms with Gasteiger partial charge >= 0.3 is 11.7 Å². The van der Waals surface area contributed by atoms with Crippen molar-refractivity contribution in [3.63, 3.8) is 0 Å². The molecule has 2 rings (SSSR count). The van der Waals surface area contributed by atoms with Crippen molar-refractivity contribution in [2.24, 2.45) is 5.92 Å². The lowest BCUT2D eigenvalue weighted by molar-refractivity contribution is -0.136. The van der Waals surface area contributed by atoms with Crippen molar-refractivity contribution in [1.82, 2.24) is 9.55 Å². The summed E-state index contributed by atoms with van der Waals surface area (Å²) in [7, 11) is 0. The minimum atomic E-state index is -0.889. The molecule has 2 unspecified atom stereocenters. The molecule has 5 heteroatoms. The van der Waals surface area contributed by atoms with Crippen LogP contribution in [0.5, 0.6) is 0 Å². The minimum Gasteiger partial charge on any atom is -0.481 e. The predicted molar refractivity (Wildman–Crippen MR) is 76.0 cm³/mol. The first kappa shape index (κ1) is 14.8. The van der Waals surface area contributed by atoms with E-state index in [1.165, 1.54) is 6.42 Å². The zero-order chi connectivity index (χ0) is 14.9. The summed E-state index contributed by atoms with van der Waals surface area (Å²) in [4.78, 5) is 27.3. The van der Waals surface area contributed by atoms with Crippen molar-refractivity contribution in [3.8, 4) is 0 Å². The number of hydrogen-bond acceptors (Lipinski definition) is 3. The van der Waals surface area contributed by atoms with Gasteiger partial charge in [0.1, 0.15) is 0 Å². The van der Waals surface area contributed by atoms with Gasteiger partial charge in [0.25, 0.3) is 0 Å². The molecular formula is C15H22N2O3. The Labute approximate surface area is 118 Å². The van der Waals surface area contributed by atoms with Gasteiger partial charge in [-0.1, -0.05) is 19.8 Å². The topological polar surface area (TPSA) is 72.2 Å². The molecule has 0 radical (unpaired) electrons. The molecular weight excluding hydrogens is 256 g/mol. The van der Waals surface area contributed by atoms with Crippen LogP contribution >= 0.6 is 0 Å². The molecule has 0 saturated heterocycles. The fourth-order valence-electron chi connectivity index (χ4n) is 3.29. The molecule has 0 aliphatic heterocycles. The largest absolute Gasteiger partial charge is 0.481 e. The van der Waals surface area contributed by atoms with E-state index in [1.807, 2.05) is 6.92 Å². The van der Waals surface area contributed by atoms with Crippen LogP contribution in [-0.2, 0) is 11.2 Å². The first-order valence-electron chi connectivity index (χ1n) is 7.22. The molecule has 0 spiro atoms. The zero-order valence-corrected chi connectivity index (χ0v) is 12.3. The summed E-state index contributed by atoms with van der Waals surface area (Å²) in [5.41, 5.74) is 1.74. The summed E-state index contributed by atoms with van der Waals surface area (Å²) in [5, 5.41) is 9.02. The van der Waals surface area contributed by atoms with Crippen LogP contribution < -0.4 is 5.69 Å². The number of aromatic nitrogens is 2. The molecule has 5 nitrogen and oxygen atoms in total. The highest BCUT2D eigenvalue weighted by molar-refractivity contribution is 5.70. The molecule has 0 amide bonds. The lowest BCUT2D eigenvalue weighted by Gasteiger charge is -2.32. The Morgan fingerprint density at radius 2 is 2.00 bits per heavy atom. The average molecular weight is 278 g/mol. The summed E-state index contributed by atoms with van der Waals surface area (Å²) >= 11 is 0. The monoisotopic (exact) mass is 278 g/mol. The normalized spacial score (nSPS) is 22.8. The molecule has 1 aromatic heterocycles. The second-order valence-electron chi connectivity index (χ2n) is 5.81. The zero-order valence-electron chi connectivity index (χ0n) is 12.3. The summed E-state index contributed by atoms with van der Waals surface area (Å²) in [5.74, 6) is -0.456. The molecule has 1 aromatic rings. The van der Waals surface area contributed by atoms with Gasteiger partial charge in [0.2, 0.25) is 0 Å². The van der Waals surface area contributed by atoms with Crippen LogP contribution in [0.25, 0.3) is 0 Å². The molecule has 110 valence electrons. The van der Waals surface area contributed by atoms with E-state index < -0.39 is 5.97 Å². The predicted octanol–water partition coefficient (Wildman–Crippen LogP) is 2.24. The Morgan fingerprint density at radius 1 is 1.35 bits per heavy atom. The van der Waals surface area contributed by atoms with Crippen LogP contribution in [0.3, 0.4) is 0 Å². The Morgan fingerprint density at radius 3 is 2.60 bits per heavy atom.